The summed E-state index contributed by atoms with van der Waals surface area (Å²) in [5.74, 6) is 3.10. The van der Waals surface area contributed by atoms with E-state index >= 15 is 0 Å². The van der Waals surface area contributed by atoms with Gasteiger partial charge in [0.2, 0.25) is 0 Å². The SMILES string of the molecule is COc1ccc(C2=NCSC(c3ccc(OC)cc3)=N2)cc1. The van der Waals surface area contributed by atoms with E-state index in [1.54, 1.807) is 26.0 Å². The maximum Gasteiger partial charge on any atom is 0.156 e. The van der Waals surface area contributed by atoms with Crippen molar-refractivity contribution in [3.8, 4) is 11.5 Å². The van der Waals surface area contributed by atoms with Gasteiger partial charge in [0.05, 0.1) is 20.1 Å². The molecule has 0 saturated heterocycles. The molecule has 1 aliphatic heterocycles. The van der Waals surface area contributed by atoms with Gasteiger partial charge in [-0.25, -0.2) is 4.99 Å². The van der Waals surface area contributed by atoms with Gasteiger partial charge in [-0.1, -0.05) is 11.8 Å². The molecular formula is C17H16N2O2S. The van der Waals surface area contributed by atoms with E-state index in [2.05, 4.69) is 9.98 Å². The first kappa shape index (κ1) is 14.7. The number of benzene rings is 2. The predicted molar refractivity (Wildman–Crippen MR) is 91.5 cm³/mol. The van der Waals surface area contributed by atoms with Crippen molar-refractivity contribution in [2.24, 2.45) is 9.98 Å². The highest BCUT2D eigenvalue weighted by atomic mass is 32.2. The van der Waals surface area contributed by atoms with E-state index in [0.717, 1.165) is 33.5 Å². The highest BCUT2D eigenvalue weighted by Gasteiger charge is 2.13. The molecule has 0 atom stereocenters. The highest BCUT2D eigenvalue weighted by molar-refractivity contribution is 8.14. The van der Waals surface area contributed by atoms with Crippen LogP contribution in [0.3, 0.4) is 0 Å². The standard InChI is InChI=1S/C17H16N2O2S/c1-20-14-7-3-12(4-8-14)16-18-11-22-17(19-16)13-5-9-15(21-2)10-6-13/h3-10H,11H2,1-2H3. The van der Waals surface area contributed by atoms with Crippen molar-refractivity contribution in [2.45, 2.75) is 0 Å². The van der Waals surface area contributed by atoms with Gasteiger partial charge >= 0.3 is 0 Å². The molecule has 0 amide bonds. The topological polar surface area (TPSA) is 43.2 Å². The molecule has 0 spiro atoms. The number of rotatable bonds is 4. The molecule has 0 unspecified atom stereocenters. The van der Waals surface area contributed by atoms with Crippen LogP contribution in [0.2, 0.25) is 0 Å². The summed E-state index contributed by atoms with van der Waals surface area (Å²) in [4.78, 5) is 9.17. The van der Waals surface area contributed by atoms with E-state index in [9.17, 15) is 0 Å². The summed E-state index contributed by atoms with van der Waals surface area (Å²) < 4.78 is 10.4. The average Bonchev–Trinajstić information content (AvgIpc) is 2.62. The van der Waals surface area contributed by atoms with Crippen LogP contribution < -0.4 is 9.47 Å². The molecule has 2 aromatic carbocycles. The minimum Gasteiger partial charge on any atom is -0.497 e. The van der Waals surface area contributed by atoms with Gasteiger partial charge < -0.3 is 9.47 Å². The van der Waals surface area contributed by atoms with E-state index in [-0.39, 0.29) is 0 Å². The molecule has 0 aliphatic carbocycles. The number of thioether (sulfide) groups is 1. The van der Waals surface area contributed by atoms with Gasteiger partial charge in [-0.3, -0.25) is 4.99 Å². The lowest BCUT2D eigenvalue weighted by atomic mass is 10.2. The zero-order valence-corrected chi connectivity index (χ0v) is 13.3. The van der Waals surface area contributed by atoms with Gasteiger partial charge in [-0.05, 0) is 48.5 Å². The Morgan fingerprint density at radius 3 is 1.91 bits per heavy atom. The third-order valence-electron chi connectivity index (χ3n) is 3.31. The Labute approximate surface area is 133 Å². The van der Waals surface area contributed by atoms with Crippen molar-refractivity contribution in [1.82, 2.24) is 0 Å². The Balaban J connectivity index is 1.86. The molecule has 0 N–H and O–H groups in total. The molecule has 1 heterocycles. The summed E-state index contributed by atoms with van der Waals surface area (Å²) in [6.07, 6.45) is 0. The van der Waals surface area contributed by atoms with Crippen molar-refractivity contribution in [1.29, 1.82) is 0 Å². The molecule has 0 aromatic heterocycles. The first-order valence-corrected chi connectivity index (χ1v) is 7.83. The second-order valence-electron chi connectivity index (χ2n) is 4.63. The van der Waals surface area contributed by atoms with Crippen LogP contribution in [-0.4, -0.2) is 31.0 Å². The Bertz CT molecular complexity index is 706. The van der Waals surface area contributed by atoms with Crippen LogP contribution in [0.4, 0.5) is 0 Å². The van der Waals surface area contributed by atoms with Gasteiger partial charge in [0.15, 0.2) is 5.84 Å². The van der Waals surface area contributed by atoms with E-state index in [4.69, 9.17) is 9.47 Å². The van der Waals surface area contributed by atoms with Crippen LogP contribution in [0.5, 0.6) is 11.5 Å². The minimum absolute atomic E-state index is 0.673. The van der Waals surface area contributed by atoms with E-state index in [1.165, 1.54) is 0 Å². The quantitative estimate of drug-likeness (QED) is 0.866. The van der Waals surface area contributed by atoms with E-state index in [1.807, 2.05) is 48.5 Å². The number of aliphatic imine (C=N–C) groups is 2. The van der Waals surface area contributed by atoms with Gasteiger partial charge in [0.1, 0.15) is 16.5 Å². The summed E-state index contributed by atoms with van der Waals surface area (Å²) in [5, 5.41) is 0.975. The van der Waals surface area contributed by atoms with Crippen LogP contribution in [0.15, 0.2) is 58.5 Å². The summed E-state index contributed by atoms with van der Waals surface area (Å²) in [6, 6.07) is 15.7. The Kier molecular flexibility index (Phi) is 4.44. The third-order valence-corrected chi connectivity index (χ3v) is 4.17. The fraction of sp³-hybridized carbons (Fsp3) is 0.176. The maximum absolute atomic E-state index is 5.19. The fourth-order valence-electron chi connectivity index (χ4n) is 2.10. The number of methoxy groups -OCH3 is 2. The van der Waals surface area contributed by atoms with Crippen molar-refractivity contribution >= 4 is 22.6 Å². The Morgan fingerprint density at radius 1 is 0.818 bits per heavy atom. The van der Waals surface area contributed by atoms with Crippen LogP contribution in [0, 0.1) is 0 Å². The molecule has 0 saturated carbocycles. The van der Waals surface area contributed by atoms with Crippen molar-refractivity contribution < 1.29 is 9.47 Å². The number of amidine groups is 1. The lowest BCUT2D eigenvalue weighted by Gasteiger charge is -2.13. The summed E-state index contributed by atoms with van der Waals surface area (Å²) in [5.41, 5.74) is 2.07. The zero-order chi connectivity index (χ0) is 15.4. The molecule has 2 aromatic rings. The highest BCUT2D eigenvalue weighted by Crippen LogP contribution is 2.23. The normalized spacial score (nSPS) is 14.1. The van der Waals surface area contributed by atoms with Crippen LogP contribution in [0.25, 0.3) is 0 Å². The molecule has 5 heteroatoms. The van der Waals surface area contributed by atoms with E-state index in [0.29, 0.717) is 5.88 Å². The van der Waals surface area contributed by atoms with Crippen LogP contribution >= 0.6 is 11.8 Å². The minimum atomic E-state index is 0.673. The lowest BCUT2D eigenvalue weighted by Crippen LogP contribution is -2.09. The molecule has 112 valence electrons. The summed E-state index contributed by atoms with van der Waals surface area (Å²) >= 11 is 1.63. The number of hydrogen-bond donors (Lipinski definition) is 0. The second-order valence-corrected chi connectivity index (χ2v) is 5.56. The van der Waals surface area contributed by atoms with Crippen molar-refractivity contribution in [2.75, 3.05) is 20.1 Å². The number of nitrogens with zero attached hydrogens (tertiary/aromatic N) is 2. The second kappa shape index (κ2) is 6.66. The van der Waals surface area contributed by atoms with E-state index < -0.39 is 0 Å². The summed E-state index contributed by atoms with van der Waals surface area (Å²) in [6.45, 7) is 0. The van der Waals surface area contributed by atoms with Crippen LogP contribution in [0.1, 0.15) is 11.1 Å². The third kappa shape index (κ3) is 3.14. The molecule has 3 rings (SSSR count). The predicted octanol–water partition coefficient (Wildman–Crippen LogP) is 3.60. The molecular weight excluding hydrogens is 296 g/mol. The molecule has 22 heavy (non-hydrogen) atoms. The first-order valence-electron chi connectivity index (χ1n) is 6.85. The molecule has 0 fully saturated rings. The first-order chi connectivity index (χ1) is 10.8. The summed E-state index contributed by atoms with van der Waals surface area (Å²) in [7, 11) is 3.32. The lowest BCUT2D eigenvalue weighted by molar-refractivity contribution is 0.414. The van der Waals surface area contributed by atoms with Crippen LogP contribution in [-0.2, 0) is 0 Å². The number of hydrogen-bond acceptors (Lipinski definition) is 5. The molecule has 1 aliphatic rings. The smallest absolute Gasteiger partial charge is 0.156 e. The number of ether oxygens (including phenoxy) is 2. The van der Waals surface area contributed by atoms with Gasteiger partial charge in [-0.2, -0.15) is 0 Å². The molecule has 0 bridgehead atoms. The Hall–Kier alpha value is -2.27. The Morgan fingerprint density at radius 2 is 1.36 bits per heavy atom. The maximum atomic E-state index is 5.19. The molecule has 0 radical (unpaired) electrons. The van der Waals surface area contributed by atoms with Gasteiger partial charge in [0.25, 0.3) is 0 Å². The zero-order valence-electron chi connectivity index (χ0n) is 12.4. The largest absolute Gasteiger partial charge is 0.497 e. The van der Waals surface area contributed by atoms with Crippen molar-refractivity contribution in [3.05, 3.63) is 59.7 Å². The average molecular weight is 312 g/mol. The fourth-order valence-corrected chi connectivity index (χ4v) is 2.86. The van der Waals surface area contributed by atoms with Gasteiger partial charge in [0, 0.05) is 11.1 Å². The van der Waals surface area contributed by atoms with Crippen molar-refractivity contribution in [3.63, 3.8) is 0 Å². The van der Waals surface area contributed by atoms with Gasteiger partial charge in [-0.15, -0.1) is 0 Å². The monoisotopic (exact) mass is 312 g/mol. The molecule has 4 nitrogen and oxygen atoms in total.